The number of carbonyl (C=O) groups is 2. The number of hydrogen-bond acceptors (Lipinski definition) is 6. The van der Waals surface area contributed by atoms with Gasteiger partial charge < -0.3 is 19.9 Å². The molecule has 0 saturated carbocycles. The summed E-state index contributed by atoms with van der Waals surface area (Å²) in [6.07, 6.45) is -0.688. The van der Waals surface area contributed by atoms with Crippen molar-refractivity contribution in [2.45, 2.75) is 52.7 Å². The molecule has 0 bridgehead atoms. The Hall–Kier alpha value is -3.29. The SMILES string of the molecule is CC(C)(C)OC(=O)COc1cc(NC(=O)OC(C)(C)C)c(N)cc1-c1ccc(F)cc1. The number of nitrogen functional groups attached to an aromatic ring is 1. The van der Waals surface area contributed by atoms with E-state index in [1.165, 1.54) is 18.2 Å². The van der Waals surface area contributed by atoms with E-state index in [-0.39, 0.29) is 23.7 Å². The molecule has 0 aliphatic carbocycles. The quantitative estimate of drug-likeness (QED) is 0.501. The van der Waals surface area contributed by atoms with E-state index in [0.29, 0.717) is 11.1 Å². The van der Waals surface area contributed by atoms with Crippen LogP contribution in [0.25, 0.3) is 11.1 Å². The second-order valence-electron chi connectivity index (χ2n) is 8.94. The summed E-state index contributed by atoms with van der Waals surface area (Å²) in [7, 11) is 0. The fourth-order valence-electron chi connectivity index (χ4n) is 2.60. The van der Waals surface area contributed by atoms with Crippen molar-refractivity contribution in [3.8, 4) is 16.9 Å². The average molecular weight is 432 g/mol. The molecule has 8 heteroatoms. The van der Waals surface area contributed by atoms with Gasteiger partial charge in [0.1, 0.15) is 22.8 Å². The Bertz CT molecular complexity index is 944. The normalized spacial score (nSPS) is 11.6. The minimum Gasteiger partial charge on any atom is -0.481 e. The van der Waals surface area contributed by atoms with Crippen LogP contribution < -0.4 is 15.8 Å². The van der Waals surface area contributed by atoms with Crippen LogP contribution in [0.3, 0.4) is 0 Å². The van der Waals surface area contributed by atoms with Crippen molar-refractivity contribution in [3.63, 3.8) is 0 Å². The fourth-order valence-corrected chi connectivity index (χ4v) is 2.60. The monoisotopic (exact) mass is 432 g/mol. The maximum atomic E-state index is 13.4. The van der Waals surface area contributed by atoms with E-state index >= 15 is 0 Å². The van der Waals surface area contributed by atoms with Crippen molar-refractivity contribution in [3.05, 3.63) is 42.2 Å². The van der Waals surface area contributed by atoms with Gasteiger partial charge in [-0.1, -0.05) is 12.1 Å². The number of amides is 1. The highest BCUT2D eigenvalue weighted by molar-refractivity contribution is 5.92. The Morgan fingerprint density at radius 3 is 2.10 bits per heavy atom. The number of hydrogen-bond donors (Lipinski definition) is 2. The summed E-state index contributed by atoms with van der Waals surface area (Å²) in [5.74, 6) is -0.690. The first-order valence-corrected chi connectivity index (χ1v) is 9.77. The van der Waals surface area contributed by atoms with Gasteiger partial charge in [-0.25, -0.2) is 14.0 Å². The zero-order valence-corrected chi connectivity index (χ0v) is 18.7. The smallest absolute Gasteiger partial charge is 0.412 e. The second kappa shape index (κ2) is 9.24. The first-order valence-electron chi connectivity index (χ1n) is 9.77. The highest BCUT2D eigenvalue weighted by atomic mass is 19.1. The lowest BCUT2D eigenvalue weighted by Crippen LogP contribution is -2.28. The molecular weight excluding hydrogens is 403 g/mol. The van der Waals surface area contributed by atoms with Crippen molar-refractivity contribution in [1.82, 2.24) is 0 Å². The molecule has 2 aromatic carbocycles. The highest BCUT2D eigenvalue weighted by Crippen LogP contribution is 2.37. The summed E-state index contributed by atoms with van der Waals surface area (Å²) in [5.41, 5.74) is 6.40. The summed E-state index contributed by atoms with van der Waals surface area (Å²) in [5, 5.41) is 2.58. The molecule has 0 fully saturated rings. The molecule has 0 unspecified atom stereocenters. The number of rotatable bonds is 5. The molecule has 0 aliphatic rings. The van der Waals surface area contributed by atoms with E-state index in [4.69, 9.17) is 19.9 Å². The molecule has 31 heavy (non-hydrogen) atoms. The van der Waals surface area contributed by atoms with Crippen molar-refractivity contribution in [2.24, 2.45) is 0 Å². The Kier molecular flexibility index (Phi) is 7.15. The van der Waals surface area contributed by atoms with Crippen LogP contribution in [0.1, 0.15) is 41.5 Å². The van der Waals surface area contributed by atoms with Crippen LogP contribution in [0.2, 0.25) is 0 Å². The van der Waals surface area contributed by atoms with Gasteiger partial charge in [0.05, 0.1) is 11.4 Å². The molecule has 0 spiro atoms. The number of esters is 1. The molecule has 2 rings (SSSR count). The summed E-state index contributed by atoms with van der Waals surface area (Å²) >= 11 is 0. The molecule has 3 N–H and O–H groups in total. The topological polar surface area (TPSA) is 99.9 Å². The average Bonchev–Trinajstić information content (AvgIpc) is 2.59. The Morgan fingerprint density at radius 2 is 1.55 bits per heavy atom. The van der Waals surface area contributed by atoms with Crippen molar-refractivity contribution in [2.75, 3.05) is 17.7 Å². The lowest BCUT2D eigenvalue weighted by Gasteiger charge is -2.22. The van der Waals surface area contributed by atoms with Gasteiger partial charge in [0.2, 0.25) is 0 Å². The number of nitrogens with two attached hydrogens (primary N) is 1. The van der Waals surface area contributed by atoms with Crippen LogP contribution in [0.4, 0.5) is 20.6 Å². The van der Waals surface area contributed by atoms with Crippen LogP contribution in [0, 0.1) is 5.82 Å². The molecule has 0 atom stereocenters. The van der Waals surface area contributed by atoms with Gasteiger partial charge in [-0.15, -0.1) is 0 Å². The number of carbonyl (C=O) groups excluding carboxylic acids is 2. The molecular formula is C23H29FN2O5. The summed E-state index contributed by atoms with van der Waals surface area (Å²) in [6, 6.07) is 8.79. The van der Waals surface area contributed by atoms with Gasteiger partial charge >= 0.3 is 12.1 Å². The highest BCUT2D eigenvalue weighted by Gasteiger charge is 2.20. The summed E-state index contributed by atoms with van der Waals surface area (Å²) in [4.78, 5) is 24.3. The molecule has 0 saturated heterocycles. The van der Waals surface area contributed by atoms with Gasteiger partial charge in [-0.2, -0.15) is 0 Å². The van der Waals surface area contributed by atoms with E-state index in [1.807, 2.05) is 0 Å². The van der Waals surface area contributed by atoms with Gasteiger partial charge in [-0.05, 0) is 65.3 Å². The number of benzene rings is 2. The zero-order chi connectivity index (χ0) is 23.4. The predicted molar refractivity (Wildman–Crippen MR) is 117 cm³/mol. The molecule has 0 heterocycles. The second-order valence-corrected chi connectivity index (χ2v) is 8.94. The van der Waals surface area contributed by atoms with Crippen molar-refractivity contribution in [1.29, 1.82) is 0 Å². The molecule has 0 aliphatic heterocycles. The van der Waals surface area contributed by atoms with E-state index in [1.54, 1.807) is 59.7 Å². The van der Waals surface area contributed by atoms with Gasteiger partial charge in [-0.3, -0.25) is 5.32 Å². The van der Waals surface area contributed by atoms with Gasteiger partial charge in [0.25, 0.3) is 0 Å². The van der Waals surface area contributed by atoms with Crippen LogP contribution in [-0.2, 0) is 14.3 Å². The molecule has 168 valence electrons. The van der Waals surface area contributed by atoms with Crippen LogP contribution in [0.15, 0.2) is 36.4 Å². The largest absolute Gasteiger partial charge is 0.481 e. The van der Waals surface area contributed by atoms with Crippen LogP contribution in [-0.4, -0.2) is 29.9 Å². The number of nitrogens with one attached hydrogen (secondary N) is 1. The van der Waals surface area contributed by atoms with E-state index in [2.05, 4.69) is 5.32 Å². The first-order chi connectivity index (χ1) is 14.2. The summed E-state index contributed by atoms with van der Waals surface area (Å²) in [6.45, 7) is 10.1. The Balaban J connectivity index is 2.36. The molecule has 7 nitrogen and oxygen atoms in total. The van der Waals surface area contributed by atoms with E-state index < -0.39 is 29.1 Å². The Labute approximate surface area is 181 Å². The van der Waals surface area contributed by atoms with E-state index in [0.717, 1.165) is 0 Å². The van der Waals surface area contributed by atoms with Gasteiger partial charge in [0.15, 0.2) is 6.61 Å². The third-order valence-corrected chi connectivity index (χ3v) is 3.71. The zero-order valence-electron chi connectivity index (χ0n) is 18.7. The standard InChI is InChI=1S/C23H29FN2O5/c1-22(2,3)30-20(27)13-29-19-12-18(26-21(28)31-23(4,5)6)17(25)11-16(19)14-7-9-15(24)10-8-14/h7-12H,13,25H2,1-6H3,(H,26,28). The van der Waals surface area contributed by atoms with Crippen molar-refractivity contribution < 1.29 is 28.2 Å². The predicted octanol–water partition coefficient (Wildman–Crippen LogP) is 5.14. The molecule has 0 radical (unpaired) electrons. The first kappa shape index (κ1) is 24.0. The maximum Gasteiger partial charge on any atom is 0.412 e. The van der Waals surface area contributed by atoms with Gasteiger partial charge in [0, 0.05) is 11.6 Å². The number of ether oxygens (including phenoxy) is 3. The fraction of sp³-hybridized carbons (Fsp3) is 0.391. The van der Waals surface area contributed by atoms with Crippen molar-refractivity contribution >= 4 is 23.4 Å². The van der Waals surface area contributed by atoms with Crippen LogP contribution in [0.5, 0.6) is 5.75 Å². The minimum atomic E-state index is -0.692. The maximum absolute atomic E-state index is 13.4. The van der Waals surface area contributed by atoms with E-state index in [9.17, 15) is 14.0 Å². The van der Waals surface area contributed by atoms with Crippen LogP contribution >= 0.6 is 0 Å². The minimum absolute atomic E-state index is 0.245. The molecule has 1 amide bonds. The number of halogens is 1. The Morgan fingerprint density at radius 1 is 0.968 bits per heavy atom. The number of anilines is 2. The molecule has 0 aromatic heterocycles. The molecule has 2 aromatic rings. The lowest BCUT2D eigenvalue weighted by atomic mass is 10.0. The lowest BCUT2D eigenvalue weighted by molar-refractivity contribution is -0.157. The third-order valence-electron chi connectivity index (χ3n) is 3.71. The summed E-state index contributed by atoms with van der Waals surface area (Å²) < 4.78 is 29.6. The third kappa shape index (κ3) is 7.81.